The molecule has 0 spiro atoms. The molecule has 1 aliphatic carbocycles. The monoisotopic (exact) mass is 356 g/mol. The highest BCUT2D eigenvalue weighted by atomic mass is 35.5. The molecule has 0 amide bonds. The van der Waals surface area contributed by atoms with Crippen LogP contribution in [0, 0.1) is 10.1 Å². The summed E-state index contributed by atoms with van der Waals surface area (Å²) >= 11 is 5.89. The summed E-state index contributed by atoms with van der Waals surface area (Å²) < 4.78 is 4.97. The van der Waals surface area contributed by atoms with E-state index >= 15 is 0 Å². The highest BCUT2D eigenvalue weighted by Gasteiger charge is 2.46. The molecule has 0 N–H and O–H groups in total. The van der Waals surface area contributed by atoms with Gasteiger partial charge in [0.1, 0.15) is 11.7 Å². The normalized spacial score (nSPS) is 17.3. The van der Waals surface area contributed by atoms with E-state index in [4.69, 9.17) is 16.3 Å². The van der Waals surface area contributed by atoms with Crippen LogP contribution in [0.15, 0.2) is 6.20 Å². The van der Waals surface area contributed by atoms with Crippen molar-refractivity contribution in [3.8, 4) is 0 Å². The molecule has 8 nitrogen and oxygen atoms in total. The molecule has 132 valence electrons. The Morgan fingerprint density at radius 1 is 1.54 bits per heavy atom. The molecule has 0 saturated heterocycles. The first-order chi connectivity index (χ1) is 11.3. The molecule has 0 bridgehead atoms. The summed E-state index contributed by atoms with van der Waals surface area (Å²) in [7, 11) is 1.31. The third-order valence-corrected chi connectivity index (χ3v) is 4.86. The Morgan fingerprint density at radius 3 is 2.67 bits per heavy atom. The Hall–Kier alpha value is -1.96. The van der Waals surface area contributed by atoms with Gasteiger partial charge in [-0.15, -0.1) is 0 Å². The van der Waals surface area contributed by atoms with Gasteiger partial charge in [-0.05, 0) is 37.8 Å². The van der Waals surface area contributed by atoms with Crippen LogP contribution in [0.2, 0.25) is 5.28 Å². The number of ether oxygens (including phenoxy) is 1. The first-order valence-corrected chi connectivity index (χ1v) is 8.27. The summed E-state index contributed by atoms with van der Waals surface area (Å²) in [6.07, 6.45) is 5.13. The molecule has 1 aromatic rings. The molecule has 0 aliphatic heterocycles. The standard InChI is InChI=1S/C15H21ClN4O4/c1-4-15(2,13(21)24-3)19(10-7-5-6-8-10)12-11(20(22)23)9-17-14(16)18-12/h9-10H,4-8H2,1-3H3/t15-/m1/s1. The quantitative estimate of drug-likeness (QED) is 0.334. The van der Waals surface area contributed by atoms with Crippen molar-refractivity contribution in [1.82, 2.24) is 9.97 Å². The van der Waals surface area contributed by atoms with E-state index in [1.165, 1.54) is 7.11 Å². The largest absolute Gasteiger partial charge is 0.467 e. The van der Waals surface area contributed by atoms with Crippen molar-refractivity contribution < 1.29 is 14.5 Å². The molecule has 2 rings (SSSR count). The fourth-order valence-electron chi connectivity index (χ4n) is 3.26. The number of hydrogen-bond acceptors (Lipinski definition) is 7. The van der Waals surface area contributed by atoms with Crippen LogP contribution in [0.4, 0.5) is 11.5 Å². The van der Waals surface area contributed by atoms with Crippen molar-refractivity contribution >= 4 is 29.1 Å². The van der Waals surface area contributed by atoms with Crippen molar-refractivity contribution in [2.24, 2.45) is 0 Å². The van der Waals surface area contributed by atoms with E-state index in [0.717, 1.165) is 31.9 Å². The zero-order valence-electron chi connectivity index (χ0n) is 14.0. The topological polar surface area (TPSA) is 98.5 Å². The number of nitrogens with zero attached hydrogens (tertiary/aromatic N) is 4. The van der Waals surface area contributed by atoms with E-state index in [9.17, 15) is 14.9 Å². The Bertz CT molecular complexity index is 636. The second kappa shape index (κ2) is 7.29. The SMILES string of the molecule is CC[C@](C)(C(=O)OC)N(c1nc(Cl)ncc1[N+](=O)[O-])C1CCCC1. The van der Waals surface area contributed by atoms with Crippen LogP contribution in [0.5, 0.6) is 0 Å². The van der Waals surface area contributed by atoms with Crippen molar-refractivity contribution in [2.75, 3.05) is 12.0 Å². The van der Waals surface area contributed by atoms with Crippen LogP contribution in [0.3, 0.4) is 0 Å². The number of carbonyl (C=O) groups excluding carboxylic acids is 1. The van der Waals surface area contributed by atoms with Gasteiger partial charge in [0, 0.05) is 6.04 Å². The van der Waals surface area contributed by atoms with Crippen LogP contribution >= 0.6 is 11.6 Å². The second-order valence-electron chi connectivity index (χ2n) is 6.03. The lowest BCUT2D eigenvalue weighted by Crippen LogP contribution is -2.57. The summed E-state index contributed by atoms with van der Waals surface area (Å²) in [5.41, 5.74) is -1.35. The summed E-state index contributed by atoms with van der Waals surface area (Å²) in [4.78, 5) is 32.9. The summed E-state index contributed by atoms with van der Waals surface area (Å²) in [5, 5.41) is 11.4. The van der Waals surface area contributed by atoms with E-state index in [2.05, 4.69) is 9.97 Å². The number of aromatic nitrogens is 2. The lowest BCUT2D eigenvalue weighted by atomic mass is 9.93. The molecule has 0 aromatic carbocycles. The average molecular weight is 357 g/mol. The van der Waals surface area contributed by atoms with Gasteiger partial charge in [0.15, 0.2) is 0 Å². The maximum absolute atomic E-state index is 12.5. The van der Waals surface area contributed by atoms with Gasteiger partial charge >= 0.3 is 11.7 Å². The molecule has 1 fully saturated rings. The van der Waals surface area contributed by atoms with Gasteiger partial charge in [-0.1, -0.05) is 19.8 Å². The minimum Gasteiger partial charge on any atom is -0.467 e. The van der Waals surface area contributed by atoms with Crippen LogP contribution in [0.1, 0.15) is 46.0 Å². The lowest BCUT2D eigenvalue weighted by molar-refractivity contribution is -0.384. The molecule has 1 aromatic heterocycles. The number of methoxy groups -OCH3 is 1. The van der Waals surface area contributed by atoms with Gasteiger partial charge in [0.2, 0.25) is 11.1 Å². The summed E-state index contributed by atoms with van der Waals surface area (Å²) in [6, 6.07) is -0.0429. The number of hydrogen-bond donors (Lipinski definition) is 0. The summed E-state index contributed by atoms with van der Waals surface area (Å²) in [6.45, 7) is 3.56. The van der Waals surface area contributed by atoms with Crippen molar-refractivity contribution in [3.05, 3.63) is 21.6 Å². The van der Waals surface area contributed by atoms with E-state index in [1.54, 1.807) is 11.8 Å². The van der Waals surface area contributed by atoms with Crippen LogP contribution in [-0.2, 0) is 9.53 Å². The molecule has 1 aliphatic rings. The van der Waals surface area contributed by atoms with Crippen molar-refractivity contribution in [2.45, 2.75) is 57.5 Å². The molecule has 1 atom stereocenters. The third-order valence-electron chi connectivity index (χ3n) is 4.68. The van der Waals surface area contributed by atoms with Gasteiger partial charge in [-0.25, -0.2) is 9.78 Å². The smallest absolute Gasteiger partial charge is 0.331 e. The van der Waals surface area contributed by atoms with Gasteiger partial charge in [-0.3, -0.25) is 10.1 Å². The Balaban J connectivity index is 2.65. The minimum absolute atomic E-state index is 0.0429. The van der Waals surface area contributed by atoms with Crippen molar-refractivity contribution in [1.29, 1.82) is 0 Å². The zero-order chi connectivity index (χ0) is 17.9. The maximum atomic E-state index is 12.5. The summed E-state index contributed by atoms with van der Waals surface area (Å²) in [5.74, 6) is -0.386. The van der Waals surface area contributed by atoms with Gasteiger partial charge in [0.05, 0.1) is 12.0 Å². The van der Waals surface area contributed by atoms with Crippen molar-refractivity contribution in [3.63, 3.8) is 0 Å². The van der Waals surface area contributed by atoms with E-state index in [1.807, 2.05) is 6.92 Å². The Labute approximate surface area is 145 Å². The molecule has 0 unspecified atom stereocenters. The Kier molecular flexibility index (Phi) is 5.58. The fourth-order valence-corrected chi connectivity index (χ4v) is 3.39. The predicted octanol–water partition coefficient (Wildman–Crippen LogP) is 3.13. The number of esters is 1. The highest BCUT2D eigenvalue weighted by molar-refractivity contribution is 6.28. The number of rotatable bonds is 6. The van der Waals surface area contributed by atoms with E-state index in [-0.39, 0.29) is 22.8 Å². The van der Waals surface area contributed by atoms with Gasteiger partial charge in [-0.2, -0.15) is 4.98 Å². The van der Waals surface area contributed by atoms with E-state index in [0.29, 0.717) is 6.42 Å². The molecular formula is C15H21ClN4O4. The maximum Gasteiger partial charge on any atom is 0.331 e. The highest BCUT2D eigenvalue weighted by Crippen LogP contribution is 2.39. The lowest BCUT2D eigenvalue weighted by Gasteiger charge is -2.42. The van der Waals surface area contributed by atoms with Gasteiger partial charge < -0.3 is 9.64 Å². The van der Waals surface area contributed by atoms with Gasteiger partial charge in [0.25, 0.3) is 0 Å². The predicted molar refractivity (Wildman–Crippen MR) is 89.1 cm³/mol. The molecule has 1 heterocycles. The minimum atomic E-state index is -1.08. The second-order valence-corrected chi connectivity index (χ2v) is 6.37. The van der Waals surface area contributed by atoms with Crippen LogP contribution in [-0.4, -0.2) is 39.6 Å². The zero-order valence-corrected chi connectivity index (χ0v) is 14.7. The molecule has 9 heteroatoms. The van der Waals surface area contributed by atoms with Crippen LogP contribution < -0.4 is 4.90 Å². The fraction of sp³-hybridized carbons (Fsp3) is 0.667. The molecular weight excluding hydrogens is 336 g/mol. The average Bonchev–Trinajstić information content (AvgIpc) is 3.07. The first kappa shape index (κ1) is 18.4. The van der Waals surface area contributed by atoms with Crippen LogP contribution in [0.25, 0.3) is 0 Å². The number of nitro groups is 1. The Morgan fingerprint density at radius 2 is 2.17 bits per heavy atom. The molecule has 0 radical (unpaired) electrons. The van der Waals surface area contributed by atoms with E-state index < -0.39 is 16.4 Å². The number of carbonyl (C=O) groups is 1. The number of anilines is 1. The third kappa shape index (κ3) is 3.28. The molecule has 1 saturated carbocycles. The molecule has 24 heavy (non-hydrogen) atoms. The number of halogens is 1. The first-order valence-electron chi connectivity index (χ1n) is 7.89.